The smallest absolute Gasteiger partial charge is 0.0629 e. The largest absolute Gasteiger partial charge is 0.257 e. The van der Waals surface area contributed by atoms with Crippen LogP contribution in [0.1, 0.15) is 39.0 Å². The highest BCUT2D eigenvalue weighted by molar-refractivity contribution is 5.44. The van der Waals surface area contributed by atoms with Gasteiger partial charge in [-0.15, -0.1) is 0 Å². The first-order valence-corrected chi connectivity index (χ1v) is 5.09. The summed E-state index contributed by atoms with van der Waals surface area (Å²) in [5, 5.41) is 0. The van der Waals surface area contributed by atoms with Crippen LogP contribution in [0.15, 0.2) is 24.4 Å². The molecule has 1 nitrogen and oxygen atoms in total. The Balaban J connectivity index is 2.84. The minimum absolute atomic E-state index is 0.342. The van der Waals surface area contributed by atoms with E-state index in [-0.39, 0.29) is 0 Å². The van der Waals surface area contributed by atoms with Crippen LogP contribution in [-0.4, -0.2) is 4.98 Å². The molecular weight excluding hydrogens is 170 g/mol. The van der Waals surface area contributed by atoms with Crippen molar-refractivity contribution in [1.82, 2.24) is 4.98 Å². The molecule has 0 unspecified atom stereocenters. The third-order valence-corrected chi connectivity index (χ3v) is 1.92. The first-order valence-electron chi connectivity index (χ1n) is 5.09. The molecule has 0 radical (unpaired) electrons. The highest BCUT2D eigenvalue weighted by atomic mass is 14.7. The second-order valence-electron chi connectivity index (χ2n) is 4.83. The van der Waals surface area contributed by atoms with E-state index < -0.39 is 0 Å². The summed E-state index contributed by atoms with van der Waals surface area (Å²) >= 11 is 0. The molecule has 0 spiro atoms. The summed E-state index contributed by atoms with van der Waals surface area (Å²) in [6.07, 6.45) is 7.03. The maximum absolute atomic E-state index is 4.27. The van der Waals surface area contributed by atoms with Gasteiger partial charge in [-0.3, -0.25) is 4.98 Å². The Morgan fingerprint density at radius 2 is 2.07 bits per heavy atom. The topological polar surface area (TPSA) is 12.9 Å². The molecule has 0 saturated carbocycles. The number of aromatic nitrogens is 1. The first-order chi connectivity index (χ1) is 6.51. The van der Waals surface area contributed by atoms with Crippen LogP contribution in [0.2, 0.25) is 0 Å². The van der Waals surface area contributed by atoms with Crippen LogP contribution in [0.25, 0.3) is 6.08 Å². The summed E-state index contributed by atoms with van der Waals surface area (Å²) in [5.74, 6) is 0. The predicted molar refractivity (Wildman–Crippen MR) is 62.1 cm³/mol. The first kappa shape index (κ1) is 11.0. The van der Waals surface area contributed by atoms with Gasteiger partial charge in [0.2, 0.25) is 0 Å². The summed E-state index contributed by atoms with van der Waals surface area (Å²) in [6, 6.07) is 4.25. The Bertz CT molecular complexity index is 318. The monoisotopic (exact) mass is 189 g/mol. The van der Waals surface area contributed by atoms with E-state index in [1.165, 1.54) is 5.56 Å². The van der Waals surface area contributed by atoms with Gasteiger partial charge >= 0.3 is 0 Å². The van der Waals surface area contributed by atoms with Crippen LogP contribution in [0.4, 0.5) is 0 Å². The van der Waals surface area contributed by atoms with Crippen molar-refractivity contribution in [2.24, 2.45) is 5.41 Å². The van der Waals surface area contributed by atoms with Gasteiger partial charge in [-0.1, -0.05) is 26.8 Å². The van der Waals surface area contributed by atoms with Crippen LogP contribution in [0.5, 0.6) is 0 Å². The number of nitrogens with zero attached hydrogens (tertiary/aromatic N) is 1. The van der Waals surface area contributed by atoms with Gasteiger partial charge in [0.1, 0.15) is 0 Å². The molecule has 76 valence electrons. The van der Waals surface area contributed by atoms with E-state index in [1.54, 1.807) is 0 Å². The Morgan fingerprint density at radius 1 is 1.36 bits per heavy atom. The fourth-order valence-electron chi connectivity index (χ4n) is 1.48. The van der Waals surface area contributed by atoms with E-state index in [2.05, 4.69) is 37.9 Å². The SMILES string of the molecule is C/C=C/c1cc(CC(C)(C)C)ccn1. The Kier molecular flexibility index (Phi) is 3.45. The zero-order chi connectivity index (χ0) is 10.6. The second kappa shape index (κ2) is 4.41. The summed E-state index contributed by atoms with van der Waals surface area (Å²) in [4.78, 5) is 4.27. The third-order valence-electron chi connectivity index (χ3n) is 1.92. The number of rotatable bonds is 2. The van der Waals surface area contributed by atoms with Gasteiger partial charge in [0.15, 0.2) is 0 Å². The van der Waals surface area contributed by atoms with E-state index in [0.29, 0.717) is 5.41 Å². The van der Waals surface area contributed by atoms with Crippen LogP contribution < -0.4 is 0 Å². The van der Waals surface area contributed by atoms with Crippen LogP contribution in [-0.2, 0) is 6.42 Å². The zero-order valence-corrected chi connectivity index (χ0v) is 9.54. The van der Waals surface area contributed by atoms with E-state index in [1.807, 2.05) is 25.3 Å². The average Bonchev–Trinajstić information content (AvgIpc) is 2.02. The molecule has 0 bridgehead atoms. The Hall–Kier alpha value is -1.11. The molecule has 0 amide bonds. The van der Waals surface area contributed by atoms with Crippen molar-refractivity contribution in [2.45, 2.75) is 34.1 Å². The average molecular weight is 189 g/mol. The minimum Gasteiger partial charge on any atom is -0.257 e. The molecule has 0 saturated heterocycles. The lowest BCUT2D eigenvalue weighted by Crippen LogP contribution is -2.09. The van der Waals surface area contributed by atoms with E-state index in [0.717, 1.165) is 12.1 Å². The van der Waals surface area contributed by atoms with Gasteiger partial charge in [0.05, 0.1) is 5.69 Å². The molecule has 14 heavy (non-hydrogen) atoms. The molecular formula is C13H19N. The summed E-state index contributed by atoms with van der Waals surface area (Å²) < 4.78 is 0. The van der Waals surface area contributed by atoms with E-state index >= 15 is 0 Å². The summed E-state index contributed by atoms with van der Waals surface area (Å²) in [6.45, 7) is 8.77. The number of allylic oxidation sites excluding steroid dienone is 1. The number of pyridine rings is 1. The lowest BCUT2D eigenvalue weighted by Gasteiger charge is -2.17. The molecule has 0 aliphatic heterocycles. The van der Waals surface area contributed by atoms with Gasteiger partial charge in [-0.05, 0) is 42.5 Å². The fourth-order valence-corrected chi connectivity index (χ4v) is 1.48. The van der Waals surface area contributed by atoms with Crippen molar-refractivity contribution in [3.05, 3.63) is 35.7 Å². The van der Waals surface area contributed by atoms with Crippen molar-refractivity contribution >= 4 is 6.08 Å². The molecule has 0 aliphatic rings. The van der Waals surface area contributed by atoms with Crippen molar-refractivity contribution in [3.8, 4) is 0 Å². The minimum atomic E-state index is 0.342. The zero-order valence-electron chi connectivity index (χ0n) is 9.54. The lowest BCUT2D eigenvalue weighted by molar-refractivity contribution is 0.411. The maximum atomic E-state index is 4.27. The maximum Gasteiger partial charge on any atom is 0.0629 e. The Labute approximate surface area is 86.9 Å². The van der Waals surface area contributed by atoms with Gasteiger partial charge < -0.3 is 0 Å². The molecule has 1 heteroatoms. The summed E-state index contributed by atoms with van der Waals surface area (Å²) in [7, 11) is 0. The molecule has 1 aromatic rings. The number of hydrogen-bond donors (Lipinski definition) is 0. The van der Waals surface area contributed by atoms with E-state index in [4.69, 9.17) is 0 Å². The van der Waals surface area contributed by atoms with Crippen molar-refractivity contribution < 1.29 is 0 Å². The molecule has 1 heterocycles. The van der Waals surface area contributed by atoms with E-state index in [9.17, 15) is 0 Å². The predicted octanol–water partition coefficient (Wildman–Crippen LogP) is 3.70. The third kappa shape index (κ3) is 3.73. The van der Waals surface area contributed by atoms with Gasteiger partial charge in [-0.2, -0.15) is 0 Å². The molecule has 1 rings (SSSR count). The van der Waals surface area contributed by atoms with Gasteiger partial charge in [0, 0.05) is 6.20 Å². The quantitative estimate of drug-likeness (QED) is 0.691. The normalized spacial score (nSPS) is 12.3. The van der Waals surface area contributed by atoms with Gasteiger partial charge in [0.25, 0.3) is 0 Å². The highest BCUT2D eigenvalue weighted by Gasteiger charge is 2.10. The van der Waals surface area contributed by atoms with Crippen molar-refractivity contribution in [1.29, 1.82) is 0 Å². The molecule has 0 N–H and O–H groups in total. The van der Waals surface area contributed by atoms with Crippen molar-refractivity contribution in [3.63, 3.8) is 0 Å². The molecule has 0 fully saturated rings. The standard InChI is InChI=1S/C13H19N/c1-5-6-12-9-11(7-8-14-12)10-13(2,3)4/h5-9H,10H2,1-4H3/b6-5+. The van der Waals surface area contributed by atoms with Crippen LogP contribution in [0, 0.1) is 5.41 Å². The molecule has 0 atom stereocenters. The van der Waals surface area contributed by atoms with Gasteiger partial charge in [-0.25, -0.2) is 0 Å². The summed E-state index contributed by atoms with van der Waals surface area (Å²) in [5.41, 5.74) is 2.75. The highest BCUT2D eigenvalue weighted by Crippen LogP contribution is 2.20. The molecule has 1 aromatic heterocycles. The fraction of sp³-hybridized carbons (Fsp3) is 0.462. The van der Waals surface area contributed by atoms with Crippen LogP contribution >= 0.6 is 0 Å². The molecule has 0 aromatic carbocycles. The number of hydrogen-bond acceptors (Lipinski definition) is 1. The lowest BCUT2D eigenvalue weighted by atomic mass is 9.88. The second-order valence-corrected chi connectivity index (χ2v) is 4.83. The van der Waals surface area contributed by atoms with Crippen molar-refractivity contribution in [2.75, 3.05) is 0 Å². The van der Waals surface area contributed by atoms with Crippen LogP contribution in [0.3, 0.4) is 0 Å². The molecule has 0 aliphatic carbocycles. The Morgan fingerprint density at radius 3 is 2.64 bits per heavy atom.